The molecule has 0 aromatic heterocycles. The van der Waals surface area contributed by atoms with Gasteiger partial charge in [0.25, 0.3) is 5.91 Å². The number of carbonyl (C=O) groups excluding carboxylic acids is 3. The van der Waals surface area contributed by atoms with Crippen molar-refractivity contribution in [2.45, 2.75) is 91.5 Å². The van der Waals surface area contributed by atoms with Crippen LogP contribution in [0.2, 0.25) is 0 Å². The molecule has 2 aromatic carbocycles. The highest BCUT2D eigenvalue weighted by Crippen LogP contribution is 2.36. The summed E-state index contributed by atoms with van der Waals surface area (Å²) in [6.07, 6.45) is 6.91. The van der Waals surface area contributed by atoms with E-state index in [0.29, 0.717) is 30.3 Å². The van der Waals surface area contributed by atoms with E-state index in [1.54, 1.807) is 26.2 Å². The number of carbonyl (C=O) groups is 3. The fraction of sp³-hybridized carbons (Fsp3) is 0.516. The zero-order valence-electron chi connectivity index (χ0n) is 23.6. The number of ether oxygens (including phenoxy) is 1. The van der Waals surface area contributed by atoms with Crippen molar-refractivity contribution in [3.8, 4) is 5.75 Å². The van der Waals surface area contributed by atoms with Crippen LogP contribution in [0.25, 0.3) is 0 Å². The molecule has 1 N–H and O–H groups in total. The van der Waals surface area contributed by atoms with Gasteiger partial charge >= 0.3 is 0 Å². The van der Waals surface area contributed by atoms with E-state index in [2.05, 4.69) is 5.32 Å². The van der Waals surface area contributed by atoms with Gasteiger partial charge < -0.3 is 10.1 Å². The minimum absolute atomic E-state index is 0. The third-order valence-electron chi connectivity index (χ3n) is 6.91. The Bertz CT molecular complexity index is 1060. The van der Waals surface area contributed by atoms with Crippen molar-refractivity contribution >= 4 is 17.7 Å². The van der Waals surface area contributed by atoms with E-state index in [1.165, 1.54) is 42.6 Å². The van der Waals surface area contributed by atoms with Crippen molar-refractivity contribution in [2.24, 2.45) is 0 Å². The molecular weight excluding hydrogens is 464 g/mol. The number of fused-ring (bicyclic) bond motifs is 1. The van der Waals surface area contributed by atoms with Crippen LogP contribution < -0.4 is 10.1 Å². The standard InChI is InChI=1S/C21H23NO3.C8H15NO.C2H6.2H2/c1-14-5-7-15(8-6-14)11-12-22-19(23)17-13-16(25-4)9-10-18(17)21(2,3)20(22)24;1-7(10)9-8-5-3-2-4-6-8;1-2;;/h5-10,13H,11-12H2,1-4H3;8H,2-6H2,1H3,(H,9,10);1-2H3;2*1H. The monoisotopic (exact) mass is 512 g/mol. The SMILES string of the molecule is CC.CC(=O)NC1CCCCC1.COc1ccc2c(c1)C(=O)N(CCc1ccc(C)cc1)C(=O)C2(C)C.[HH].[HH]. The number of rotatable bonds is 5. The summed E-state index contributed by atoms with van der Waals surface area (Å²) in [5.41, 5.74) is 2.88. The van der Waals surface area contributed by atoms with Crippen molar-refractivity contribution in [1.29, 1.82) is 0 Å². The maximum Gasteiger partial charge on any atom is 0.260 e. The zero-order chi connectivity index (χ0) is 27.6. The smallest absolute Gasteiger partial charge is 0.260 e. The zero-order valence-corrected chi connectivity index (χ0v) is 23.6. The Morgan fingerprint density at radius 3 is 2.24 bits per heavy atom. The predicted molar refractivity (Wildman–Crippen MR) is 153 cm³/mol. The van der Waals surface area contributed by atoms with E-state index in [9.17, 15) is 14.4 Å². The minimum atomic E-state index is -0.733. The number of amides is 3. The molecule has 0 bridgehead atoms. The number of nitrogens with one attached hydrogen (secondary N) is 1. The van der Waals surface area contributed by atoms with Crippen LogP contribution in [0.4, 0.5) is 0 Å². The topological polar surface area (TPSA) is 75.7 Å². The van der Waals surface area contributed by atoms with Gasteiger partial charge in [0, 0.05) is 27.9 Å². The predicted octanol–water partition coefficient (Wildman–Crippen LogP) is 6.48. The first-order valence-corrected chi connectivity index (χ1v) is 13.5. The van der Waals surface area contributed by atoms with E-state index >= 15 is 0 Å². The lowest BCUT2D eigenvalue weighted by Gasteiger charge is -2.37. The van der Waals surface area contributed by atoms with Crippen molar-refractivity contribution in [1.82, 2.24) is 10.2 Å². The first kappa shape index (κ1) is 30.1. The van der Waals surface area contributed by atoms with Crippen LogP contribution in [-0.4, -0.2) is 42.3 Å². The molecule has 37 heavy (non-hydrogen) atoms. The lowest BCUT2D eigenvalue weighted by molar-refractivity contribution is -0.134. The van der Waals surface area contributed by atoms with Gasteiger partial charge in [0.15, 0.2) is 0 Å². The molecule has 1 heterocycles. The summed E-state index contributed by atoms with van der Waals surface area (Å²) in [6, 6.07) is 14.0. The van der Waals surface area contributed by atoms with Crippen LogP contribution in [-0.2, 0) is 21.4 Å². The summed E-state index contributed by atoms with van der Waals surface area (Å²) in [5.74, 6) is 0.343. The molecule has 1 saturated carbocycles. The molecule has 1 aliphatic carbocycles. The van der Waals surface area contributed by atoms with Gasteiger partial charge in [0.1, 0.15) is 5.75 Å². The van der Waals surface area contributed by atoms with Crippen molar-refractivity contribution in [2.75, 3.05) is 13.7 Å². The first-order valence-electron chi connectivity index (χ1n) is 13.5. The summed E-state index contributed by atoms with van der Waals surface area (Å²) in [5, 5.41) is 2.94. The molecule has 2 aromatic rings. The highest BCUT2D eigenvalue weighted by molar-refractivity contribution is 6.13. The van der Waals surface area contributed by atoms with Crippen LogP contribution in [0, 0.1) is 6.92 Å². The second kappa shape index (κ2) is 14.0. The lowest BCUT2D eigenvalue weighted by atomic mass is 9.77. The normalized spacial score (nSPS) is 16.5. The molecule has 6 nitrogen and oxygen atoms in total. The average molecular weight is 513 g/mol. The maximum atomic E-state index is 12.9. The Hall–Kier alpha value is -3.15. The highest BCUT2D eigenvalue weighted by atomic mass is 16.5. The third-order valence-corrected chi connectivity index (χ3v) is 6.91. The van der Waals surface area contributed by atoms with E-state index in [1.807, 2.05) is 65.0 Å². The van der Waals surface area contributed by atoms with Gasteiger partial charge in [-0.15, -0.1) is 0 Å². The third kappa shape index (κ3) is 7.91. The van der Waals surface area contributed by atoms with Gasteiger partial charge in [0.05, 0.1) is 12.5 Å². The Morgan fingerprint density at radius 1 is 1.05 bits per heavy atom. The Kier molecular flexibility index (Phi) is 11.4. The molecule has 1 aliphatic heterocycles. The lowest BCUT2D eigenvalue weighted by Crippen LogP contribution is -2.52. The van der Waals surface area contributed by atoms with Crippen LogP contribution in [0.1, 0.15) is 96.6 Å². The molecule has 1 fully saturated rings. The van der Waals surface area contributed by atoms with Crippen LogP contribution in [0.5, 0.6) is 5.75 Å². The number of aryl methyl sites for hydroxylation is 1. The molecule has 6 heteroatoms. The van der Waals surface area contributed by atoms with E-state index < -0.39 is 5.41 Å². The number of benzene rings is 2. The fourth-order valence-electron chi connectivity index (χ4n) is 4.80. The molecule has 2 aliphatic rings. The number of hydrogen-bond acceptors (Lipinski definition) is 4. The highest BCUT2D eigenvalue weighted by Gasteiger charge is 2.44. The van der Waals surface area contributed by atoms with Crippen LogP contribution in [0.3, 0.4) is 0 Å². The van der Waals surface area contributed by atoms with E-state index in [0.717, 1.165) is 11.1 Å². The summed E-state index contributed by atoms with van der Waals surface area (Å²) >= 11 is 0. The summed E-state index contributed by atoms with van der Waals surface area (Å²) in [6.45, 7) is 11.7. The molecule has 3 amide bonds. The van der Waals surface area contributed by atoms with E-state index in [-0.39, 0.29) is 20.6 Å². The van der Waals surface area contributed by atoms with Crippen molar-refractivity contribution in [3.63, 3.8) is 0 Å². The Morgan fingerprint density at radius 2 is 1.68 bits per heavy atom. The van der Waals surface area contributed by atoms with Crippen LogP contribution in [0.15, 0.2) is 42.5 Å². The second-order valence-electron chi connectivity index (χ2n) is 10.1. The molecule has 4 rings (SSSR count). The molecule has 206 valence electrons. The van der Waals surface area contributed by atoms with Gasteiger partial charge in [-0.2, -0.15) is 0 Å². The summed E-state index contributed by atoms with van der Waals surface area (Å²) in [7, 11) is 1.57. The molecule has 0 saturated heterocycles. The van der Waals surface area contributed by atoms with Gasteiger partial charge in [-0.25, -0.2) is 0 Å². The molecular formula is C31H48N2O4. The maximum absolute atomic E-state index is 12.9. The number of hydrogen-bond donors (Lipinski definition) is 1. The first-order chi connectivity index (χ1) is 17.6. The van der Waals surface area contributed by atoms with Gasteiger partial charge in [-0.1, -0.05) is 69.0 Å². The Labute approximate surface area is 225 Å². The van der Waals surface area contributed by atoms with Crippen molar-refractivity contribution in [3.05, 3.63) is 64.7 Å². The number of methoxy groups -OCH3 is 1. The van der Waals surface area contributed by atoms with Gasteiger partial charge in [-0.3, -0.25) is 19.3 Å². The van der Waals surface area contributed by atoms with Gasteiger partial charge in [-0.05, 0) is 63.3 Å². The molecule has 0 spiro atoms. The van der Waals surface area contributed by atoms with E-state index in [4.69, 9.17) is 4.74 Å². The second-order valence-corrected chi connectivity index (χ2v) is 10.1. The average Bonchev–Trinajstić information content (AvgIpc) is 2.90. The van der Waals surface area contributed by atoms with Crippen molar-refractivity contribution < 1.29 is 22.0 Å². The molecule has 0 unspecified atom stereocenters. The number of imide groups is 1. The largest absolute Gasteiger partial charge is 0.497 e. The Balaban J connectivity index is 0.000000874. The number of nitrogens with zero attached hydrogens (tertiary/aromatic N) is 1. The fourth-order valence-corrected chi connectivity index (χ4v) is 4.80. The molecule has 0 radical (unpaired) electrons. The summed E-state index contributed by atoms with van der Waals surface area (Å²) in [4.78, 5) is 37.8. The molecule has 0 atom stereocenters. The summed E-state index contributed by atoms with van der Waals surface area (Å²) < 4.78 is 5.24. The van der Waals surface area contributed by atoms with Gasteiger partial charge in [0.2, 0.25) is 11.8 Å². The quantitative estimate of drug-likeness (QED) is 0.465. The van der Waals surface area contributed by atoms with Crippen LogP contribution >= 0.6 is 0 Å². The minimum Gasteiger partial charge on any atom is -0.497 e.